The zero-order chi connectivity index (χ0) is 13.1. The molecule has 0 aliphatic heterocycles. The van der Waals surface area contributed by atoms with E-state index in [-0.39, 0.29) is 0 Å². The van der Waals surface area contributed by atoms with E-state index in [1.807, 2.05) is 50.2 Å². The normalized spacial score (nSPS) is 10.2. The first-order valence-corrected chi connectivity index (χ1v) is 6.30. The molecule has 0 amide bonds. The maximum Gasteiger partial charge on any atom is 0.322 e. The SMILES string of the molecule is Cc1ccnc(Oc2ccc(Br)cc2N(C)C)n1. The molecule has 1 aromatic carbocycles. The Hall–Kier alpha value is -1.62. The molecule has 0 spiro atoms. The average Bonchev–Trinajstić information content (AvgIpc) is 2.31. The predicted molar refractivity (Wildman–Crippen MR) is 75.3 cm³/mol. The molecule has 0 fully saturated rings. The quantitative estimate of drug-likeness (QED) is 0.871. The van der Waals surface area contributed by atoms with Crippen molar-refractivity contribution >= 4 is 21.6 Å². The van der Waals surface area contributed by atoms with Crippen LogP contribution in [0.1, 0.15) is 5.69 Å². The van der Waals surface area contributed by atoms with Crippen molar-refractivity contribution in [3.63, 3.8) is 0 Å². The summed E-state index contributed by atoms with van der Waals surface area (Å²) < 4.78 is 6.73. The lowest BCUT2D eigenvalue weighted by atomic mass is 10.3. The second-order valence-corrected chi connectivity index (χ2v) is 5.00. The highest BCUT2D eigenvalue weighted by Crippen LogP contribution is 2.32. The zero-order valence-electron chi connectivity index (χ0n) is 10.5. The molecule has 1 heterocycles. The highest BCUT2D eigenvalue weighted by Gasteiger charge is 2.09. The van der Waals surface area contributed by atoms with E-state index in [0.29, 0.717) is 6.01 Å². The molecule has 4 nitrogen and oxygen atoms in total. The summed E-state index contributed by atoms with van der Waals surface area (Å²) in [5.41, 5.74) is 1.85. The third-order valence-corrected chi connectivity index (χ3v) is 2.87. The van der Waals surface area contributed by atoms with Crippen molar-refractivity contribution in [1.29, 1.82) is 0 Å². The van der Waals surface area contributed by atoms with Crippen LogP contribution in [-0.4, -0.2) is 24.1 Å². The Morgan fingerprint density at radius 1 is 1.22 bits per heavy atom. The number of benzene rings is 1. The van der Waals surface area contributed by atoms with Gasteiger partial charge in [-0.25, -0.2) is 9.97 Å². The van der Waals surface area contributed by atoms with Crippen LogP contribution in [-0.2, 0) is 0 Å². The molecule has 0 radical (unpaired) electrons. The van der Waals surface area contributed by atoms with E-state index in [0.717, 1.165) is 21.6 Å². The standard InChI is InChI=1S/C13H14BrN3O/c1-9-6-7-15-13(16-9)18-12-5-4-10(14)8-11(12)17(2)3/h4-8H,1-3H3. The molecule has 2 aromatic rings. The van der Waals surface area contributed by atoms with Gasteiger partial charge in [0.25, 0.3) is 0 Å². The van der Waals surface area contributed by atoms with Crippen LogP contribution in [0, 0.1) is 6.92 Å². The molecular formula is C13H14BrN3O. The van der Waals surface area contributed by atoms with Gasteiger partial charge in [-0.2, -0.15) is 0 Å². The molecule has 0 saturated heterocycles. The lowest BCUT2D eigenvalue weighted by Gasteiger charge is -2.17. The van der Waals surface area contributed by atoms with Crippen molar-refractivity contribution in [2.75, 3.05) is 19.0 Å². The van der Waals surface area contributed by atoms with Crippen molar-refractivity contribution in [1.82, 2.24) is 9.97 Å². The predicted octanol–water partition coefficient (Wildman–Crippen LogP) is 3.41. The number of aromatic nitrogens is 2. The summed E-state index contributed by atoms with van der Waals surface area (Å²) in [5, 5.41) is 0. The number of ether oxygens (including phenoxy) is 1. The molecule has 18 heavy (non-hydrogen) atoms. The molecule has 0 aliphatic rings. The largest absolute Gasteiger partial charge is 0.422 e. The number of anilines is 1. The van der Waals surface area contributed by atoms with Gasteiger partial charge in [0.1, 0.15) is 0 Å². The number of nitrogens with zero attached hydrogens (tertiary/aromatic N) is 3. The first kappa shape index (κ1) is 12.8. The van der Waals surface area contributed by atoms with Gasteiger partial charge < -0.3 is 9.64 Å². The molecule has 0 bridgehead atoms. The third kappa shape index (κ3) is 2.98. The fourth-order valence-corrected chi connectivity index (χ4v) is 1.85. The van der Waals surface area contributed by atoms with Gasteiger partial charge in [-0.05, 0) is 31.2 Å². The maximum atomic E-state index is 5.72. The highest BCUT2D eigenvalue weighted by atomic mass is 79.9. The van der Waals surface area contributed by atoms with Crippen LogP contribution in [0.4, 0.5) is 5.69 Å². The van der Waals surface area contributed by atoms with Gasteiger partial charge in [-0.1, -0.05) is 15.9 Å². The van der Waals surface area contributed by atoms with Gasteiger partial charge in [0.15, 0.2) is 5.75 Å². The van der Waals surface area contributed by atoms with Gasteiger partial charge in [0.05, 0.1) is 5.69 Å². The zero-order valence-corrected chi connectivity index (χ0v) is 12.1. The van der Waals surface area contributed by atoms with Crippen LogP contribution >= 0.6 is 15.9 Å². The summed E-state index contributed by atoms with van der Waals surface area (Å²) in [6, 6.07) is 8.01. The molecule has 0 atom stereocenters. The molecule has 0 saturated carbocycles. The van der Waals surface area contributed by atoms with E-state index in [1.165, 1.54) is 0 Å². The molecule has 1 aromatic heterocycles. The second kappa shape index (κ2) is 5.35. The maximum absolute atomic E-state index is 5.72. The Bertz CT molecular complexity index is 558. The molecular weight excluding hydrogens is 294 g/mol. The van der Waals surface area contributed by atoms with Crippen molar-refractivity contribution in [2.24, 2.45) is 0 Å². The Kier molecular flexibility index (Phi) is 3.81. The number of hydrogen-bond donors (Lipinski definition) is 0. The lowest BCUT2D eigenvalue weighted by molar-refractivity contribution is 0.440. The van der Waals surface area contributed by atoms with Crippen molar-refractivity contribution in [3.8, 4) is 11.8 Å². The van der Waals surface area contributed by atoms with Gasteiger partial charge in [-0.3, -0.25) is 0 Å². The third-order valence-electron chi connectivity index (χ3n) is 2.38. The molecule has 0 N–H and O–H groups in total. The smallest absolute Gasteiger partial charge is 0.322 e. The fraction of sp³-hybridized carbons (Fsp3) is 0.231. The molecule has 5 heteroatoms. The molecule has 0 unspecified atom stereocenters. The minimum absolute atomic E-state index is 0.362. The van der Waals surface area contributed by atoms with E-state index in [9.17, 15) is 0 Å². The monoisotopic (exact) mass is 307 g/mol. The first-order chi connectivity index (χ1) is 8.56. The summed E-state index contributed by atoms with van der Waals surface area (Å²) >= 11 is 3.45. The van der Waals surface area contributed by atoms with Crippen LogP contribution in [0.25, 0.3) is 0 Å². The van der Waals surface area contributed by atoms with Crippen molar-refractivity contribution in [3.05, 3.63) is 40.6 Å². The van der Waals surface area contributed by atoms with Crippen LogP contribution < -0.4 is 9.64 Å². The highest BCUT2D eigenvalue weighted by molar-refractivity contribution is 9.10. The average molecular weight is 308 g/mol. The Morgan fingerprint density at radius 2 is 2.00 bits per heavy atom. The first-order valence-electron chi connectivity index (χ1n) is 5.50. The van der Waals surface area contributed by atoms with Crippen LogP contribution in [0.15, 0.2) is 34.9 Å². The Balaban J connectivity index is 2.34. The summed E-state index contributed by atoms with van der Waals surface area (Å²) in [6.07, 6.45) is 1.69. The second-order valence-electron chi connectivity index (χ2n) is 4.09. The fourth-order valence-electron chi connectivity index (χ4n) is 1.50. The minimum Gasteiger partial charge on any atom is -0.422 e. The van der Waals surface area contributed by atoms with Crippen LogP contribution in [0.3, 0.4) is 0 Å². The summed E-state index contributed by atoms with van der Waals surface area (Å²) in [6.45, 7) is 1.91. The van der Waals surface area contributed by atoms with Gasteiger partial charge in [-0.15, -0.1) is 0 Å². The van der Waals surface area contributed by atoms with Crippen molar-refractivity contribution in [2.45, 2.75) is 6.92 Å². The Morgan fingerprint density at radius 3 is 2.67 bits per heavy atom. The summed E-state index contributed by atoms with van der Waals surface area (Å²) in [7, 11) is 3.93. The Labute approximate surface area is 115 Å². The lowest BCUT2D eigenvalue weighted by Crippen LogP contribution is -2.10. The number of rotatable bonds is 3. The number of hydrogen-bond acceptors (Lipinski definition) is 4. The van der Waals surface area contributed by atoms with Gasteiger partial charge in [0, 0.05) is 30.5 Å². The molecule has 2 rings (SSSR count). The van der Waals surface area contributed by atoms with Gasteiger partial charge >= 0.3 is 6.01 Å². The van der Waals surface area contributed by atoms with E-state index in [2.05, 4.69) is 25.9 Å². The van der Waals surface area contributed by atoms with E-state index >= 15 is 0 Å². The molecule has 94 valence electrons. The van der Waals surface area contributed by atoms with Gasteiger partial charge in [0.2, 0.25) is 0 Å². The van der Waals surface area contributed by atoms with Crippen molar-refractivity contribution < 1.29 is 4.74 Å². The molecule has 0 aliphatic carbocycles. The summed E-state index contributed by atoms with van der Waals surface area (Å²) in [4.78, 5) is 10.3. The van der Waals surface area contributed by atoms with E-state index in [1.54, 1.807) is 6.20 Å². The van der Waals surface area contributed by atoms with E-state index < -0.39 is 0 Å². The number of aryl methyl sites for hydroxylation is 1. The van der Waals surface area contributed by atoms with Crippen LogP contribution in [0.2, 0.25) is 0 Å². The van der Waals surface area contributed by atoms with E-state index in [4.69, 9.17) is 4.74 Å². The van der Waals surface area contributed by atoms with Crippen LogP contribution in [0.5, 0.6) is 11.8 Å². The summed E-state index contributed by atoms with van der Waals surface area (Å²) in [5.74, 6) is 0.730. The minimum atomic E-state index is 0.362. The topological polar surface area (TPSA) is 38.2 Å². The number of halogens is 1.